The van der Waals surface area contributed by atoms with E-state index in [2.05, 4.69) is 4.98 Å². The summed E-state index contributed by atoms with van der Waals surface area (Å²) in [6.07, 6.45) is 0. The van der Waals surface area contributed by atoms with E-state index in [4.69, 9.17) is 5.73 Å². The molecule has 0 unspecified atom stereocenters. The van der Waals surface area contributed by atoms with E-state index in [0.29, 0.717) is 10.2 Å². The topological polar surface area (TPSA) is 38.9 Å². The normalized spacial score (nSPS) is 13.4. The Balaban J connectivity index is 2.62. The van der Waals surface area contributed by atoms with Gasteiger partial charge >= 0.3 is 0 Å². The number of nitrogens with zero attached hydrogens (tertiary/aromatic N) is 1. The van der Waals surface area contributed by atoms with E-state index >= 15 is 0 Å². The highest BCUT2D eigenvalue weighted by Crippen LogP contribution is 2.61. The number of nitrogens with two attached hydrogens (primary N) is 1. The lowest BCUT2D eigenvalue weighted by Crippen LogP contribution is -1.80. The van der Waals surface area contributed by atoms with Crippen LogP contribution in [0.25, 0.3) is 10.2 Å². The van der Waals surface area contributed by atoms with Gasteiger partial charge in [-0.1, -0.05) is 11.3 Å². The second-order valence-corrected chi connectivity index (χ2v) is 4.93. The van der Waals surface area contributed by atoms with E-state index in [1.807, 2.05) is 0 Å². The number of benzene rings is 1. The maximum Gasteiger partial charge on any atom is 0.237 e. The lowest BCUT2D eigenvalue weighted by Gasteiger charge is -2.08. The molecule has 2 nitrogen and oxygen atoms in total. The molecule has 7 heteroatoms. The molecule has 0 radical (unpaired) electrons. The van der Waals surface area contributed by atoms with Crippen molar-refractivity contribution in [3.63, 3.8) is 0 Å². The van der Waals surface area contributed by atoms with E-state index in [9.17, 15) is 11.7 Å². The van der Waals surface area contributed by atoms with Gasteiger partial charge in [0, 0.05) is 0 Å². The van der Waals surface area contributed by atoms with E-state index in [1.165, 1.54) is 6.07 Å². The molecule has 0 aliphatic heterocycles. The summed E-state index contributed by atoms with van der Waals surface area (Å²) in [4.78, 5) is 3.29. The number of aromatic nitrogens is 1. The Kier molecular flexibility index (Phi) is 2.07. The number of fused-ring (bicyclic) bond motifs is 1. The Morgan fingerprint density at radius 2 is 2.00 bits per heavy atom. The zero-order valence-electron chi connectivity index (χ0n) is 6.71. The number of thiazole rings is 1. The predicted octanol–water partition coefficient (Wildman–Crippen LogP) is 3.70. The van der Waals surface area contributed by atoms with Crippen molar-refractivity contribution in [1.82, 2.24) is 4.98 Å². The van der Waals surface area contributed by atoms with Crippen LogP contribution in [-0.2, 0) is 0 Å². The van der Waals surface area contributed by atoms with Gasteiger partial charge in [0.2, 0.25) is 11.2 Å². The first-order valence-electron chi connectivity index (χ1n) is 3.55. The molecule has 0 saturated heterocycles. The smallest absolute Gasteiger partial charge is 0.237 e. The van der Waals surface area contributed by atoms with Crippen molar-refractivity contribution in [2.45, 2.75) is 4.90 Å². The molecular formula is C7H5F3N2S2. The molecule has 1 aromatic carbocycles. The maximum absolute atomic E-state index is 12.4. The lowest BCUT2D eigenvalue weighted by molar-refractivity contribution is 0.633. The molecule has 0 bridgehead atoms. The quantitative estimate of drug-likeness (QED) is 0.822. The van der Waals surface area contributed by atoms with Crippen molar-refractivity contribution in [2.24, 2.45) is 0 Å². The summed E-state index contributed by atoms with van der Waals surface area (Å²) in [7, 11) is 0. The van der Waals surface area contributed by atoms with E-state index in [0.717, 1.165) is 23.5 Å². The number of anilines is 1. The average molecular weight is 238 g/mol. The van der Waals surface area contributed by atoms with Crippen molar-refractivity contribution < 1.29 is 11.7 Å². The third-order valence-corrected chi connectivity index (χ3v) is 3.28. The molecule has 0 amide bonds. The van der Waals surface area contributed by atoms with E-state index in [1.54, 1.807) is 0 Å². The van der Waals surface area contributed by atoms with Crippen molar-refractivity contribution in [2.75, 3.05) is 5.73 Å². The van der Waals surface area contributed by atoms with Gasteiger partial charge in [-0.3, -0.25) is 0 Å². The summed E-state index contributed by atoms with van der Waals surface area (Å²) in [5, 5.41) is 0.286. The van der Waals surface area contributed by atoms with Gasteiger partial charge in [0.25, 0.3) is 0 Å². The molecule has 0 aliphatic rings. The molecule has 2 aromatic rings. The van der Waals surface area contributed by atoms with Gasteiger partial charge < -0.3 is 5.73 Å². The third-order valence-electron chi connectivity index (χ3n) is 1.64. The second kappa shape index (κ2) is 3.03. The molecular weight excluding hydrogens is 233 g/mol. The first-order chi connectivity index (χ1) is 6.47. The Bertz CT molecular complexity index is 477. The van der Waals surface area contributed by atoms with Crippen LogP contribution in [0, 0.1) is 0 Å². The van der Waals surface area contributed by atoms with Crippen LogP contribution in [0.5, 0.6) is 0 Å². The molecule has 2 N–H and O–H groups in total. The molecule has 14 heavy (non-hydrogen) atoms. The zero-order chi connectivity index (χ0) is 10.3. The fourth-order valence-electron chi connectivity index (χ4n) is 1.07. The molecule has 1 heterocycles. The second-order valence-electron chi connectivity index (χ2n) is 2.59. The highest BCUT2D eigenvalue weighted by Gasteiger charge is 2.24. The largest absolute Gasteiger partial charge is 0.375 e. The van der Waals surface area contributed by atoms with Crippen molar-refractivity contribution in [1.29, 1.82) is 0 Å². The van der Waals surface area contributed by atoms with Crippen molar-refractivity contribution in [3.05, 3.63) is 18.2 Å². The van der Waals surface area contributed by atoms with Gasteiger partial charge in [0.05, 0.1) is 15.1 Å². The zero-order valence-corrected chi connectivity index (χ0v) is 8.34. The van der Waals surface area contributed by atoms with E-state index in [-0.39, 0.29) is 5.13 Å². The number of hydrogen-bond acceptors (Lipinski definition) is 3. The monoisotopic (exact) mass is 238 g/mol. The highest BCUT2D eigenvalue weighted by molar-refractivity contribution is 8.20. The molecule has 1 aromatic heterocycles. The van der Waals surface area contributed by atoms with Gasteiger partial charge in [-0.15, -0.1) is 11.7 Å². The van der Waals surface area contributed by atoms with Crippen LogP contribution >= 0.6 is 22.5 Å². The first-order valence-corrected chi connectivity index (χ1v) is 5.70. The summed E-state index contributed by atoms with van der Waals surface area (Å²) >= 11 is -4.08. The molecule has 0 fully saturated rings. The Morgan fingerprint density at radius 3 is 2.64 bits per heavy atom. The Hall–Kier alpha value is -0.950. The standard InChI is InChI=1S/C7H5F3N2S2/c8-14(9,10)4-1-2-5-6(3-4)13-7(11)12-5/h1-3H,(H2,11,12). The summed E-state index contributed by atoms with van der Waals surface area (Å²) in [5.41, 5.74) is 5.90. The Labute approximate surface area is 83.8 Å². The van der Waals surface area contributed by atoms with Gasteiger partial charge in [-0.2, -0.15) is 0 Å². The minimum absolute atomic E-state index is 0.286. The molecule has 0 spiro atoms. The molecule has 2 rings (SSSR count). The first kappa shape index (κ1) is 9.60. The maximum atomic E-state index is 12.4. The fourth-order valence-corrected chi connectivity index (χ4v) is 2.39. The summed E-state index contributed by atoms with van der Waals surface area (Å²) in [6, 6.07) is 3.48. The molecule has 76 valence electrons. The minimum Gasteiger partial charge on any atom is -0.375 e. The van der Waals surface area contributed by atoms with Crippen LogP contribution in [0.3, 0.4) is 0 Å². The molecule has 0 saturated carbocycles. The van der Waals surface area contributed by atoms with Gasteiger partial charge in [0.1, 0.15) is 0 Å². The minimum atomic E-state index is -5.15. The van der Waals surface area contributed by atoms with Gasteiger partial charge in [-0.05, 0) is 18.2 Å². The number of nitrogen functional groups attached to an aromatic ring is 1. The van der Waals surface area contributed by atoms with Crippen LogP contribution in [-0.4, -0.2) is 4.98 Å². The van der Waals surface area contributed by atoms with Crippen LogP contribution in [0.1, 0.15) is 0 Å². The van der Waals surface area contributed by atoms with Crippen LogP contribution in [0.15, 0.2) is 23.1 Å². The molecule has 0 atom stereocenters. The van der Waals surface area contributed by atoms with Gasteiger partial charge in [-0.25, -0.2) is 4.98 Å². The summed E-state index contributed by atoms with van der Waals surface area (Å²) in [5.74, 6) is 0. The summed E-state index contributed by atoms with van der Waals surface area (Å²) in [6.45, 7) is 0. The SMILES string of the molecule is Nc1nc2ccc(S(F)(F)F)cc2s1. The van der Waals surface area contributed by atoms with Crippen LogP contribution in [0.2, 0.25) is 0 Å². The van der Waals surface area contributed by atoms with Crippen LogP contribution < -0.4 is 5.73 Å². The average Bonchev–Trinajstić information content (AvgIpc) is 2.41. The predicted molar refractivity (Wildman–Crippen MR) is 53.2 cm³/mol. The molecule has 0 aliphatic carbocycles. The van der Waals surface area contributed by atoms with Crippen molar-refractivity contribution in [3.8, 4) is 0 Å². The number of rotatable bonds is 1. The van der Waals surface area contributed by atoms with Crippen molar-refractivity contribution >= 4 is 37.9 Å². The Morgan fingerprint density at radius 1 is 1.29 bits per heavy atom. The van der Waals surface area contributed by atoms with E-state index < -0.39 is 16.1 Å². The van der Waals surface area contributed by atoms with Gasteiger partial charge in [0.15, 0.2) is 5.13 Å². The lowest BCUT2D eigenvalue weighted by atomic mass is 10.3. The summed E-state index contributed by atoms with van der Waals surface area (Å²) < 4.78 is 37.6. The number of hydrogen-bond donors (Lipinski definition) is 1. The highest BCUT2D eigenvalue weighted by atomic mass is 32.3. The number of halogens is 3. The van der Waals surface area contributed by atoms with Crippen LogP contribution in [0.4, 0.5) is 16.8 Å². The third kappa shape index (κ3) is 1.64. The fraction of sp³-hybridized carbons (Fsp3) is 0.